The molecule has 7 heteroatoms. The van der Waals surface area contributed by atoms with Crippen LogP contribution in [0.4, 0.5) is 0 Å². The molecule has 2 aromatic rings. The fourth-order valence-corrected chi connectivity index (χ4v) is 3.55. The molecule has 1 N–H and O–H groups in total. The van der Waals surface area contributed by atoms with Gasteiger partial charge in [-0.1, -0.05) is 42.5 Å². The highest BCUT2D eigenvalue weighted by molar-refractivity contribution is 6.36. The highest BCUT2D eigenvalue weighted by atomic mass is 35.5. The summed E-state index contributed by atoms with van der Waals surface area (Å²) in [5.41, 5.74) is 3.61. The molecule has 0 aromatic heterocycles. The largest absolute Gasteiger partial charge is 0.423 e. The van der Waals surface area contributed by atoms with Crippen LogP contribution in [0.25, 0.3) is 0 Å². The van der Waals surface area contributed by atoms with Crippen LogP contribution >= 0.6 is 23.2 Å². The lowest BCUT2D eigenvalue weighted by atomic mass is 9.89. The zero-order chi connectivity index (χ0) is 19.9. The van der Waals surface area contributed by atoms with Crippen LogP contribution in [0.3, 0.4) is 0 Å². The highest BCUT2D eigenvalue weighted by Gasteiger charge is 2.20. The van der Waals surface area contributed by atoms with E-state index in [2.05, 4.69) is 10.5 Å². The van der Waals surface area contributed by atoms with Crippen LogP contribution in [0.2, 0.25) is 10.0 Å². The Morgan fingerprint density at radius 2 is 1.75 bits per heavy atom. The monoisotopic (exact) mass is 418 g/mol. The summed E-state index contributed by atoms with van der Waals surface area (Å²) in [6.45, 7) is 0. The third-order valence-electron chi connectivity index (χ3n) is 4.61. The average molecular weight is 419 g/mol. The molecule has 0 radical (unpaired) electrons. The number of halogens is 2. The third-order valence-corrected chi connectivity index (χ3v) is 5.15. The van der Waals surface area contributed by atoms with Gasteiger partial charge in [-0.05, 0) is 60.9 Å². The molecule has 0 spiro atoms. The van der Waals surface area contributed by atoms with Gasteiger partial charge in [0.2, 0.25) is 5.91 Å². The molecule has 1 aliphatic carbocycles. The van der Waals surface area contributed by atoms with Gasteiger partial charge in [-0.3, -0.25) is 4.79 Å². The van der Waals surface area contributed by atoms with Crippen molar-refractivity contribution in [2.24, 2.45) is 11.0 Å². The number of carbonyl (C=O) groups is 2. The van der Waals surface area contributed by atoms with Crippen LogP contribution in [0, 0.1) is 5.92 Å². The molecule has 1 aliphatic rings. The number of esters is 1. The summed E-state index contributed by atoms with van der Waals surface area (Å²) in [5.74, 6) is -0.157. The predicted octanol–water partition coefficient (Wildman–Crippen LogP) is 5.24. The molecule has 5 nitrogen and oxygen atoms in total. The Labute approximate surface area is 173 Å². The maximum Gasteiger partial charge on any atom is 0.345 e. The molecule has 2 aromatic carbocycles. The van der Waals surface area contributed by atoms with Gasteiger partial charge in [-0.25, -0.2) is 10.2 Å². The lowest BCUT2D eigenvalue weighted by molar-refractivity contribution is -0.125. The molecule has 1 fully saturated rings. The Balaban J connectivity index is 1.54. The first-order valence-corrected chi connectivity index (χ1v) is 9.89. The van der Waals surface area contributed by atoms with E-state index in [1.165, 1.54) is 18.6 Å². The number of ether oxygens (including phenoxy) is 1. The van der Waals surface area contributed by atoms with Crippen LogP contribution in [0.15, 0.2) is 47.6 Å². The molecule has 146 valence electrons. The van der Waals surface area contributed by atoms with Crippen molar-refractivity contribution in [3.05, 3.63) is 63.6 Å². The quantitative estimate of drug-likeness (QED) is 0.312. The smallest absolute Gasteiger partial charge is 0.345 e. The normalized spacial score (nSPS) is 14.8. The van der Waals surface area contributed by atoms with E-state index in [4.69, 9.17) is 27.9 Å². The Morgan fingerprint density at radius 1 is 1.04 bits per heavy atom. The van der Waals surface area contributed by atoms with Gasteiger partial charge in [0.25, 0.3) is 0 Å². The van der Waals surface area contributed by atoms with Gasteiger partial charge >= 0.3 is 5.97 Å². The second-order valence-corrected chi connectivity index (χ2v) is 7.50. The highest BCUT2D eigenvalue weighted by Crippen LogP contribution is 2.24. The maximum atomic E-state index is 12.2. The fraction of sp³-hybridized carbons (Fsp3) is 0.286. The van der Waals surface area contributed by atoms with Gasteiger partial charge in [0.15, 0.2) is 0 Å². The van der Waals surface area contributed by atoms with Gasteiger partial charge in [-0.2, -0.15) is 5.10 Å². The Hall–Kier alpha value is -2.37. The van der Waals surface area contributed by atoms with Gasteiger partial charge < -0.3 is 4.74 Å². The van der Waals surface area contributed by atoms with E-state index in [1.807, 2.05) is 0 Å². The van der Waals surface area contributed by atoms with Gasteiger partial charge in [0, 0.05) is 10.9 Å². The van der Waals surface area contributed by atoms with E-state index in [0.29, 0.717) is 10.8 Å². The van der Waals surface area contributed by atoms with Crippen LogP contribution in [-0.4, -0.2) is 18.1 Å². The predicted molar refractivity (Wildman–Crippen MR) is 110 cm³/mol. The Kier molecular flexibility index (Phi) is 7.06. The lowest BCUT2D eigenvalue weighted by Crippen LogP contribution is -2.28. The van der Waals surface area contributed by atoms with Crippen molar-refractivity contribution >= 4 is 41.3 Å². The molecule has 1 amide bonds. The molecule has 0 aliphatic heterocycles. The summed E-state index contributed by atoms with van der Waals surface area (Å²) in [4.78, 5) is 24.3. The first-order valence-electron chi connectivity index (χ1n) is 9.13. The van der Waals surface area contributed by atoms with Crippen LogP contribution in [-0.2, 0) is 4.79 Å². The number of rotatable bonds is 5. The number of carbonyl (C=O) groups excluding carboxylic acids is 2. The number of hydrogen-bond acceptors (Lipinski definition) is 4. The summed E-state index contributed by atoms with van der Waals surface area (Å²) in [6, 6.07) is 11.3. The van der Waals surface area contributed by atoms with Crippen LogP contribution < -0.4 is 10.2 Å². The molecule has 0 bridgehead atoms. The topological polar surface area (TPSA) is 67.8 Å². The first kappa shape index (κ1) is 20.4. The summed E-state index contributed by atoms with van der Waals surface area (Å²) < 4.78 is 5.32. The second kappa shape index (κ2) is 9.71. The van der Waals surface area contributed by atoms with E-state index in [9.17, 15) is 9.59 Å². The third kappa shape index (κ3) is 5.57. The minimum Gasteiger partial charge on any atom is -0.423 e. The lowest BCUT2D eigenvalue weighted by Gasteiger charge is -2.19. The van der Waals surface area contributed by atoms with Crippen LogP contribution in [0.5, 0.6) is 5.75 Å². The van der Waals surface area contributed by atoms with E-state index in [1.54, 1.807) is 36.5 Å². The molecule has 28 heavy (non-hydrogen) atoms. The summed E-state index contributed by atoms with van der Waals surface area (Å²) >= 11 is 11.8. The molecule has 1 saturated carbocycles. The fourth-order valence-electron chi connectivity index (χ4n) is 3.07. The van der Waals surface area contributed by atoms with Crippen molar-refractivity contribution in [2.75, 3.05) is 0 Å². The number of benzene rings is 2. The second-order valence-electron chi connectivity index (χ2n) is 6.65. The van der Waals surface area contributed by atoms with Crippen molar-refractivity contribution in [3.8, 4) is 5.75 Å². The molecule has 3 rings (SSSR count). The number of amides is 1. The number of hydrogen-bond donors (Lipinski definition) is 1. The molecule has 0 atom stereocenters. The van der Waals surface area contributed by atoms with E-state index in [-0.39, 0.29) is 22.4 Å². The van der Waals surface area contributed by atoms with E-state index in [0.717, 1.165) is 31.2 Å². The molecule has 0 unspecified atom stereocenters. The van der Waals surface area contributed by atoms with Gasteiger partial charge in [0.05, 0.1) is 16.8 Å². The summed E-state index contributed by atoms with van der Waals surface area (Å²) in [7, 11) is 0. The Bertz CT molecular complexity index is 876. The van der Waals surface area contributed by atoms with E-state index >= 15 is 0 Å². The molecular weight excluding hydrogens is 399 g/mol. The molecule has 0 saturated heterocycles. The number of nitrogens with zero attached hydrogens (tertiary/aromatic N) is 1. The van der Waals surface area contributed by atoms with Crippen LogP contribution in [0.1, 0.15) is 48.0 Å². The molecule has 0 heterocycles. The average Bonchev–Trinajstić information content (AvgIpc) is 2.69. The SMILES string of the molecule is O=C(Oc1ccc(/C=N\NC(=O)C2CCCCC2)cc1)c1ccc(Cl)cc1Cl. The van der Waals surface area contributed by atoms with Crippen molar-refractivity contribution in [1.82, 2.24) is 5.43 Å². The zero-order valence-electron chi connectivity index (χ0n) is 15.2. The minimum atomic E-state index is -0.567. The van der Waals surface area contributed by atoms with Gasteiger partial charge in [-0.15, -0.1) is 0 Å². The van der Waals surface area contributed by atoms with Crippen molar-refractivity contribution in [3.63, 3.8) is 0 Å². The van der Waals surface area contributed by atoms with Crippen molar-refractivity contribution < 1.29 is 14.3 Å². The number of hydrazone groups is 1. The standard InChI is InChI=1S/C21H20Cl2N2O3/c22-16-8-11-18(19(23)12-16)21(27)28-17-9-6-14(7-10-17)13-24-25-20(26)15-4-2-1-3-5-15/h6-13,15H,1-5H2,(H,25,26)/b24-13-. The minimum absolute atomic E-state index is 0.0265. The van der Waals surface area contributed by atoms with E-state index < -0.39 is 5.97 Å². The summed E-state index contributed by atoms with van der Waals surface area (Å²) in [6.07, 6.45) is 6.82. The summed E-state index contributed by atoms with van der Waals surface area (Å²) in [5, 5.41) is 4.69. The zero-order valence-corrected chi connectivity index (χ0v) is 16.7. The maximum absolute atomic E-state index is 12.2. The number of nitrogens with one attached hydrogen (secondary N) is 1. The Morgan fingerprint density at radius 3 is 2.43 bits per heavy atom. The molecular formula is C21H20Cl2N2O3. The van der Waals surface area contributed by atoms with Crippen molar-refractivity contribution in [1.29, 1.82) is 0 Å². The first-order chi connectivity index (χ1) is 13.5. The van der Waals surface area contributed by atoms with Gasteiger partial charge in [0.1, 0.15) is 5.75 Å². The van der Waals surface area contributed by atoms with Crippen molar-refractivity contribution in [2.45, 2.75) is 32.1 Å².